The molecule has 0 bridgehead atoms. The van der Waals surface area contributed by atoms with Crippen LogP contribution in [0.5, 0.6) is 0 Å². The summed E-state index contributed by atoms with van der Waals surface area (Å²) in [5.74, 6) is 1.08. The van der Waals surface area contributed by atoms with Crippen LogP contribution in [-0.2, 0) is 10.0 Å². The van der Waals surface area contributed by atoms with E-state index < -0.39 is 10.0 Å². The predicted molar refractivity (Wildman–Crippen MR) is 77.4 cm³/mol. The maximum atomic E-state index is 12.4. The molecule has 0 aromatic heterocycles. The Kier molecular flexibility index (Phi) is 4.46. The van der Waals surface area contributed by atoms with Crippen molar-refractivity contribution >= 4 is 10.0 Å². The van der Waals surface area contributed by atoms with Gasteiger partial charge in [0.1, 0.15) is 0 Å². The van der Waals surface area contributed by atoms with Crippen molar-refractivity contribution in [3.05, 3.63) is 29.8 Å². The summed E-state index contributed by atoms with van der Waals surface area (Å²) in [6.07, 6.45) is 2.91. The summed E-state index contributed by atoms with van der Waals surface area (Å²) in [6.45, 7) is 4.32. The molecule has 20 heavy (non-hydrogen) atoms. The molecule has 1 aliphatic carbocycles. The normalized spacial score (nSPS) is 26.9. The van der Waals surface area contributed by atoms with Crippen molar-refractivity contribution in [2.45, 2.75) is 44.0 Å². The molecule has 1 aliphatic rings. The number of benzene rings is 1. The van der Waals surface area contributed by atoms with E-state index in [1.165, 1.54) is 12.1 Å². The molecule has 0 saturated heterocycles. The van der Waals surface area contributed by atoms with Crippen LogP contribution in [0.15, 0.2) is 29.2 Å². The summed E-state index contributed by atoms with van der Waals surface area (Å²) in [7, 11) is -3.54. The second-order valence-electron chi connectivity index (χ2n) is 5.88. The first-order valence-electron chi connectivity index (χ1n) is 6.93. The van der Waals surface area contributed by atoms with E-state index in [-0.39, 0.29) is 10.9 Å². The summed E-state index contributed by atoms with van der Waals surface area (Å²) in [5.41, 5.74) is 0.359. The van der Waals surface area contributed by atoms with E-state index in [1.807, 2.05) is 6.07 Å². The molecule has 0 aliphatic heterocycles. The highest BCUT2D eigenvalue weighted by molar-refractivity contribution is 7.89. The van der Waals surface area contributed by atoms with Gasteiger partial charge in [-0.25, -0.2) is 13.1 Å². The first-order chi connectivity index (χ1) is 9.40. The van der Waals surface area contributed by atoms with Gasteiger partial charge >= 0.3 is 0 Å². The van der Waals surface area contributed by atoms with Crippen LogP contribution in [0.3, 0.4) is 0 Å². The summed E-state index contributed by atoms with van der Waals surface area (Å²) >= 11 is 0. The monoisotopic (exact) mass is 292 g/mol. The second-order valence-corrected chi connectivity index (χ2v) is 7.59. The lowest BCUT2D eigenvalue weighted by Crippen LogP contribution is -2.39. The molecule has 0 spiro atoms. The zero-order chi connectivity index (χ0) is 14.8. The SMILES string of the molecule is CC1CC(C)CC(NS(=O)(=O)c2cccc(C#N)c2)C1. The van der Waals surface area contributed by atoms with Crippen LogP contribution >= 0.6 is 0 Å². The van der Waals surface area contributed by atoms with E-state index in [0.29, 0.717) is 17.4 Å². The molecule has 5 heteroatoms. The van der Waals surface area contributed by atoms with Crippen LogP contribution in [-0.4, -0.2) is 14.5 Å². The van der Waals surface area contributed by atoms with Crippen molar-refractivity contribution in [2.75, 3.05) is 0 Å². The van der Waals surface area contributed by atoms with Gasteiger partial charge in [-0.2, -0.15) is 5.26 Å². The van der Waals surface area contributed by atoms with Crippen LogP contribution in [0.25, 0.3) is 0 Å². The highest BCUT2D eigenvalue weighted by Crippen LogP contribution is 2.29. The Labute approximate surface area is 120 Å². The van der Waals surface area contributed by atoms with Crippen molar-refractivity contribution < 1.29 is 8.42 Å². The van der Waals surface area contributed by atoms with Crippen molar-refractivity contribution in [3.63, 3.8) is 0 Å². The highest BCUT2D eigenvalue weighted by atomic mass is 32.2. The van der Waals surface area contributed by atoms with Crippen LogP contribution in [0.4, 0.5) is 0 Å². The van der Waals surface area contributed by atoms with Gasteiger partial charge in [0.25, 0.3) is 0 Å². The molecule has 1 aromatic carbocycles. The molecule has 1 saturated carbocycles. The molecule has 1 aromatic rings. The Balaban J connectivity index is 2.16. The average molecular weight is 292 g/mol. The molecule has 0 radical (unpaired) electrons. The van der Waals surface area contributed by atoms with Crippen LogP contribution in [0.1, 0.15) is 38.7 Å². The van der Waals surface area contributed by atoms with Crippen molar-refractivity contribution in [1.29, 1.82) is 5.26 Å². The van der Waals surface area contributed by atoms with Gasteiger partial charge in [0.2, 0.25) is 10.0 Å². The van der Waals surface area contributed by atoms with Crippen LogP contribution < -0.4 is 4.72 Å². The van der Waals surface area contributed by atoms with Gasteiger partial charge in [-0.3, -0.25) is 0 Å². The van der Waals surface area contributed by atoms with E-state index in [2.05, 4.69) is 18.6 Å². The lowest BCUT2D eigenvalue weighted by Gasteiger charge is -2.31. The lowest BCUT2D eigenvalue weighted by molar-refractivity contribution is 0.257. The molecule has 2 rings (SSSR count). The number of nitrogens with zero attached hydrogens (tertiary/aromatic N) is 1. The van der Waals surface area contributed by atoms with Gasteiger partial charge < -0.3 is 0 Å². The summed E-state index contributed by atoms with van der Waals surface area (Å²) in [5, 5.41) is 8.85. The Hall–Kier alpha value is -1.38. The van der Waals surface area contributed by atoms with Crippen molar-refractivity contribution in [3.8, 4) is 6.07 Å². The first kappa shape index (κ1) is 15.0. The van der Waals surface area contributed by atoms with Gasteiger partial charge in [-0.15, -0.1) is 0 Å². The quantitative estimate of drug-likeness (QED) is 0.931. The second kappa shape index (κ2) is 5.94. The van der Waals surface area contributed by atoms with E-state index in [4.69, 9.17) is 5.26 Å². The van der Waals surface area contributed by atoms with Gasteiger partial charge in [0, 0.05) is 6.04 Å². The minimum atomic E-state index is -3.54. The fourth-order valence-electron chi connectivity index (χ4n) is 3.06. The topological polar surface area (TPSA) is 70.0 Å². The van der Waals surface area contributed by atoms with E-state index in [1.54, 1.807) is 12.1 Å². The molecule has 1 N–H and O–H groups in total. The van der Waals surface area contributed by atoms with Crippen LogP contribution in [0.2, 0.25) is 0 Å². The van der Waals surface area contributed by atoms with Gasteiger partial charge in [0.05, 0.1) is 16.5 Å². The van der Waals surface area contributed by atoms with Gasteiger partial charge in [-0.05, 0) is 49.3 Å². The summed E-state index contributed by atoms with van der Waals surface area (Å²) in [6, 6.07) is 8.09. The number of nitrogens with one attached hydrogen (secondary N) is 1. The fourth-order valence-corrected chi connectivity index (χ4v) is 4.37. The molecular formula is C15H20N2O2S. The highest BCUT2D eigenvalue weighted by Gasteiger charge is 2.28. The third-order valence-electron chi connectivity index (χ3n) is 3.77. The molecular weight excluding hydrogens is 272 g/mol. The van der Waals surface area contributed by atoms with E-state index >= 15 is 0 Å². The minimum Gasteiger partial charge on any atom is -0.208 e. The molecule has 2 atom stereocenters. The molecule has 108 valence electrons. The zero-order valence-electron chi connectivity index (χ0n) is 11.8. The van der Waals surface area contributed by atoms with Crippen LogP contribution in [0, 0.1) is 23.2 Å². The Bertz CT molecular complexity index is 609. The third kappa shape index (κ3) is 3.59. The number of sulfonamides is 1. The Morgan fingerprint density at radius 1 is 1.20 bits per heavy atom. The number of rotatable bonds is 3. The van der Waals surface area contributed by atoms with Gasteiger partial charge in [0.15, 0.2) is 0 Å². The maximum absolute atomic E-state index is 12.4. The number of nitriles is 1. The van der Waals surface area contributed by atoms with Gasteiger partial charge in [-0.1, -0.05) is 19.9 Å². The Morgan fingerprint density at radius 3 is 2.45 bits per heavy atom. The Morgan fingerprint density at radius 2 is 1.85 bits per heavy atom. The molecule has 1 fully saturated rings. The summed E-state index contributed by atoms with van der Waals surface area (Å²) in [4.78, 5) is 0.169. The number of hydrogen-bond donors (Lipinski definition) is 1. The average Bonchev–Trinajstić information content (AvgIpc) is 2.37. The van der Waals surface area contributed by atoms with Crippen molar-refractivity contribution in [2.24, 2.45) is 11.8 Å². The standard InChI is InChI=1S/C15H20N2O2S/c1-11-6-12(2)8-14(7-11)17-20(18,19)15-5-3-4-13(9-15)10-16/h3-5,9,11-12,14,17H,6-8H2,1-2H3. The fraction of sp³-hybridized carbons (Fsp3) is 0.533. The summed E-state index contributed by atoms with van der Waals surface area (Å²) < 4.78 is 27.5. The molecule has 0 heterocycles. The van der Waals surface area contributed by atoms with E-state index in [0.717, 1.165) is 19.3 Å². The molecule has 4 nitrogen and oxygen atoms in total. The number of hydrogen-bond acceptors (Lipinski definition) is 3. The molecule has 2 unspecified atom stereocenters. The molecule has 0 amide bonds. The lowest BCUT2D eigenvalue weighted by atomic mass is 9.81. The maximum Gasteiger partial charge on any atom is 0.240 e. The smallest absolute Gasteiger partial charge is 0.208 e. The minimum absolute atomic E-state index is 0.00973. The first-order valence-corrected chi connectivity index (χ1v) is 8.41. The van der Waals surface area contributed by atoms with Crippen molar-refractivity contribution in [1.82, 2.24) is 4.72 Å². The largest absolute Gasteiger partial charge is 0.240 e. The predicted octanol–water partition coefficient (Wildman–Crippen LogP) is 2.66. The van der Waals surface area contributed by atoms with E-state index in [9.17, 15) is 8.42 Å². The third-order valence-corrected chi connectivity index (χ3v) is 5.29. The zero-order valence-corrected chi connectivity index (χ0v) is 12.7.